The minimum atomic E-state index is -0.652. The van der Waals surface area contributed by atoms with Crippen LogP contribution in [0.1, 0.15) is 41.5 Å². The molecule has 0 aliphatic rings. The van der Waals surface area contributed by atoms with E-state index in [0.717, 1.165) is 11.3 Å². The van der Waals surface area contributed by atoms with Gasteiger partial charge in [0, 0.05) is 16.4 Å². The summed E-state index contributed by atoms with van der Waals surface area (Å²) in [7, 11) is 0. The van der Waals surface area contributed by atoms with E-state index in [-0.39, 0.29) is 11.3 Å². The van der Waals surface area contributed by atoms with Crippen LogP contribution in [0, 0.1) is 5.41 Å². The Bertz CT molecular complexity index is 416. The quantitative estimate of drug-likeness (QED) is 0.752. The van der Waals surface area contributed by atoms with E-state index >= 15 is 0 Å². The normalized spacial score (nSPS) is 11.4. The maximum absolute atomic E-state index is 11.9. The Kier molecular flexibility index (Phi) is 2.86. The summed E-state index contributed by atoms with van der Waals surface area (Å²) >= 11 is 1.16. The molecule has 0 fully saturated rings. The third-order valence-corrected chi connectivity index (χ3v) is 2.80. The fraction of sp³-hybridized carbons (Fsp3) is 0.400. The van der Waals surface area contributed by atoms with Crippen molar-refractivity contribution in [3.05, 3.63) is 16.5 Å². The SMILES string of the molecule is CC(C)(C)C(=O)c1csc(N)c1C(N)=O. The Balaban J connectivity index is 3.28. The van der Waals surface area contributed by atoms with Gasteiger partial charge in [-0.15, -0.1) is 11.3 Å². The van der Waals surface area contributed by atoms with Crippen molar-refractivity contribution in [1.82, 2.24) is 0 Å². The summed E-state index contributed by atoms with van der Waals surface area (Å²) in [6, 6.07) is 0. The molecule has 0 aliphatic carbocycles. The fourth-order valence-electron chi connectivity index (χ4n) is 1.20. The third kappa shape index (κ3) is 2.18. The first-order valence-electron chi connectivity index (χ1n) is 4.46. The number of Topliss-reactive ketones (excluding diaryl/α,β-unsaturated/α-hetero) is 1. The summed E-state index contributed by atoms with van der Waals surface area (Å²) in [6.07, 6.45) is 0. The van der Waals surface area contributed by atoms with Crippen LogP contribution in [0.15, 0.2) is 5.38 Å². The van der Waals surface area contributed by atoms with Crippen LogP contribution in [-0.4, -0.2) is 11.7 Å². The lowest BCUT2D eigenvalue weighted by molar-refractivity contribution is 0.0851. The minimum absolute atomic E-state index is 0.121. The highest BCUT2D eigenvalue weighted by Gasteiger charge is 2.28. The number of rotatable bonds is 2. The number of nitrogen functional groups attached to an aromatic ring is 1. The van der Waals surface area contributed by atoms with Gasteiger partial charge in [0.25, 0.3) is 5.91 Å². The van der Waals surface area contributed by atoms with Gasteiger partial charge in [0.15, 0.2) is 5.78 Å². The molecule has 4 N–H and O–H groups in total. The van der Waals surface area contributed by atoms with E-state index in [9.17, 15) is 9.59 Å². The average Bonchev–Trinajstić information content (AvgIpc) is 2.43. The molecule has 82 valence electrons. The lowest BCUT2D eigenvalue weighted by atomic mass is 9.86. The highest BCUT2D eigenvalue weighted by molar-refractivity contribution is 7.14. The predicted octanol–water partition coefficient (Wildman–Crippen LogP) is 1.66. The Hall–Kier alpha value is -1.36. The molecule has 0 spiro atoms. The highest BCUT2D eigenvalue weighted by atomic mass is 32.1. The fourth-order valence-corrected chi connectivity index (χ4v) is 2.00. The Morgan fingerprint density at radius 2 is 1.87 bits per heavy atom. The summed E-state index contributed by atoms with van der Waals surface area (Å²) in [5, 5.41) is 1.89. The number of nitrogens with two attached hydrogens (primary N) is 2. The summed E-state index contributed by atoms with van der Waals surface area (Å²) in [5.41, 5.74) is 10.7. The van der Waals surface area contributed by atoms with Crippen molar-refractivity contribution in [2.75, 3.05) is 5.73 Å². The van der Waals surface area contributed by atoms with E-state index in [4.69, 9.17) is 11.5 Å². The molecule has 0 aliphatic heterocycles. The molecule has 15 heavy (non-hydrogen) atoms. The van der Waals surface area contributed by atoms with E-state index in [1.807, 2.05) is 0 Å². The van der Waals surface area contributed by atoms with Gasteiger partial charge in [-0.05, 0) is 0 Å². The number of amides is 1. The second-order valence-electron chi connectivity index (χ2n) is 4.33. The standard InChI is InChI=1S/C10H14N2O2S/c1-10(2,3)7(13)5-4-15-9(12)6(5)8(11)14/h4H,12H2,1-3H3,(H2,11,14). The van der Waals surface area contributed by atoms with Crippen LogP contribution in [-0.2, 0) is 0 Å². The topological polar surface area (TPSA) is 86.2 Å². The van der Waals surface area contributed by atoms with Crippen molar-refractivity contribution in [3.8, 4) is 0 Å². The lowest BCUT2D eigenvalue weighted by Gasteiger charge is -2.16. The molecule has 0 radical (unpaired) electrons. The number of hydrogen-bond acceptors (Lipinski definition) is 4. The van der Waals surface area contributed by atoms with Crippen LogP contribution in [0.25, 0.3) is 0 Å². The van der Waals surface area contributed by atoms with E-state index < -0.39 is 11.3 Å². The smallest absolute Gasteiger partial charge is 0.252 e. The van der Waals surface area contributed by atoms with Gasteiger partial charge in [0.05, 0.1) is 10.6 Å². The van der Waals surface area contributed by atoms with Crippen LogP contribution >= 0.6 is 11.3 Å². The van der Waals surface area contributed by atoms with Crippen LogP contribution in [0.2, 0.25) is 0 Å². The number of anilines is 1. The number of ketones is 1. The van der Waals surface area contributed by atoms with Crippen molar-refractivity contribution in [1.29, 1.82) is 0 Å². The van der Waals surface area contributed by atoms with Crippen LogP contribution in [0.5, 0.6) is 0 Å². The summed E-state index contributed by atoms with van der Waals surface area (Å²) < 4.78 is 0. The van der Waals surface area contributed by atoms with Crippen molar-refractivity contribution < 1.29 is 9.59 Å². The second kappa shape index (κ2) is 3.66. The number of hydrogen-bond donors (Lipinski definition) is 2. The molecule has 1 aromatic heterocycles. The van der Waals surface area contributed by atoms with Gasteiger partial charge >= 0.3 is 0 Å². The van der Waals surface area contributed by atoms with Crippen LogP contribution in [0.4, 0.5) is 5.00 Å². The zero-order valence-corrected chi connectivity index (χ0v) is 9.77. The van der Waals surface area contributed by atoms with E-state index in [0.29, 0.717) is 10.6 Å². The van der Waals surface area contributed by atoms with Gasteiger partial charge in [0.1, 0.15) is 0 Å². The van der Waals surface area contributed by atoms with Crippen LogP contribution in [0.3, 0.4) is 0 Å². The molecule has 0 saturated carbocycles. The molecule has 0 atom stereocenters. The summed E-state index contributed by atoms with van der Waals surface area (Å²) in [4.78, 5) is 23.1. The largest absolute Gasteiger partial charge is 0.390 e. The first-order valence-corrected chi connectivity index (χ1v) is 5.34. The van der Waals surface area contributed by atoms with Gasteiger partial charge in [-0.2, -0.15) is 0 Å². The molecule has 4 nitrogen and oxygen atoms in total. The third-order valence-electron chi connectivity index (χ3n) is 1.99. The van der Waals surface area contributed by atoms with Gasteiger partial charge < -0.3 is 11.5 Å². The number of carbonyl (C=O) groups is 2. The maximum Gasteiger partial charge on any atom is 0.252 e. The van der Waals surface area contributed by atoms with E-state index in [1.54, 1.807) is 26.2 Å². The predicted molar refractivity (Wildman–Crippen MR) is 61.0 cm³/mol. The van der Waals surface area contributed by atoms with Crippen molar-refractivity contribution >= 4 is 28.0 Å². The molecule has 1 aromatic rings. The highest BCUT2D eigenvalue weighted by Crippen LogP contribution is 2.30. The van der Waals surface area contributed by atoms with E-state index in [1.165, 1.54) is 0 Å². The second-order valence-corrected chi connectivity index (χ2v) is 5.24. The molecule has 0 unspecified atom stereocenters. The number of carbonyl (C=O) groups excluding carboxylic acids is 2. The molecule has 0 bridgehead atoms. The Labute approximate surface area is 92.3 Å². The Morgan fingerprint density at radius 1 is 1.33 bits per heavy atom. The van der Waals surface area contributed by atoms with Gasteiger partial charge in [0.2, 0.25) is 0 Å². The van der Waals surface area contributed by atoms with E-state index in [2.05, 4.69) is 0 Å². The molecular formula is C10H14N2O2S. The minimum Gasteiger partial charge on any atom is -0.390 e. The van der Waals surface area contributed by atoms with Gasteiger partial charge in [-0.1, -0.05) is 20.8 Å². The summed E-state index contributed by atoms with van der Waals surface area (Å²) in [5.74, 6) is -0.773. The van der Waals surface area contributed by atoms with Crippen molar-refractivity contribution in [2.45, 2.75) is 20.8 Å². The molecule has 1 amide bonds. The number of primary amides is 1. The molecule has 5 heteroatoms. The van der Waals surface area contributed by atoms with Gasteiger partial charge in [-0.25, -0.2) is 0 Å². The zero-order chi connectivity index (χ0) is 11.8. The zero-order valence-electron chi connectivity index (χ0n) is 8.96. The molecule has 0 saturated heterocycles. The molecular weight excluding hydrogens is 212 g/mol. The van der Waals surface area contributed by atoms with Gasteiger partial charge in [-0.3, -0.25) is 9.59 Å². The van der Waals surface area contributed by atoms with Crippen molar-refractivity contribution in [3.63, 3.8) is 0 Å². The monoisotopic (exact) mass is 226 g/mol. The molecule has 1 heterocycles. The maximum atomic E-state index is 11.9. The molecule has 0 aromatic carbocycles. The van der Waals surface area contributed by atoms with Crippen molar-refractivity contribution in [2.24, 2.45) is 11.1 Å². The summed E-state index contributed by atoms with van der Waals surface area (Å²) in [6.45, 7) is 5.36. The lowest BCUT2D eigenvalue weighted by Crippen LogP contribution is -2.24. The van der Waals surface area contributed by atoms with Crippen LogP contribution < -0.4 is 11.5 Å². The first kappa shape index (κ1) is 11.7. The first-order chi connectivity index (χ1) is 6.75. The molecule has 1 rings (SSSR count). The average molecular weight is 226 g/mol. The number of thiophene rings is 1. The Morgan fingerprint density at radius 3 is 2.27 bits per heavy atom.